The van der Waals surface area contributed by atoms with Gasteiger partial charge in [0.2, 0.25) is 0 Å². The largest absolute Gasteiger partial charge is 0.339 e. The topological polar surface area (TPSA) is 55.2 Å². The van der Waals surface area contributed by atoms with Gasteiger partial charge in [-0.25, -0.2) is 13.4 Å². The lowest BCUT2D eigenvalue weighted by Crippen LogP contribution is -2.29. The highest BCUT2D eigenvalue weighted by Crippen LogP contribution is 2.37. The van der Waals surface area contributed by atoms with E-state index in [4.69, 9.17) is 0 Å². The molecule has 0 saturated carbocycles. The van der Waals surface area contributed by atoms with Gasteiger partial charge in [0.25, 0.3) is 10.0 Å². The van der Waals surface area contributed by atoms with E-state index in [-0.39, 0.29) is 16.9 Å². The summed E-state index contributed by atoms with van der Waals surface area (Å²) in [4.78, 5) is 4.07. The maximum absolute atomic E-state index is 13.1. The van der Waals surface area contributed by atoms with Crippen LogP contribution in [0, 0.1) is 5.92 Å². The number of nitrogens with zero attached hydrogens (tertiary/aromatic N) is 3. The van der Waals surface area contributed by atoms with E-state index < -0.39 is 10.0 Å². The van der Waals surface area contributed by atoms with Gasteiger partial charge in [-0.3, -0.25) is 0 Å². The minimum Gasteiger partial charge on any atom is -0.339 e. The van der Waals surface area contributed by atoms with Crippen LogP contribution >= 0.6 is 0 Å². The molecule has 1 saturated heterocycles. The first-order valence-electron chi connectivity index (χ1n) is 9.11. The molecule has 2 atom stereocenters. The van der Waals surface area contributed by atoms with Crippen LogP contribution in [0.1, 0.15) is 17.0 Å². The smallest absolute Gasteiger partial charge is 0.262 e. The van der Waals surface area contributed by atoms with E-state index in [9.17, 15) is 8.42 Å². The summed E-state index contributed by atoms with van der Waals surface area (Å²) < 4.78 is 29.4. The van der Waals surface area contributed by atoms with E-state index in [2.05, 4.69) is 29.2 Å². The molecular weight excluding hydrogens is 358 g/mol. The quantitative estimate of drug-likeness (QED) is 0.682. The molecule has 1 aliphatic heterocycles. The Morgan fingerprint density at radius 3 is 2.30 bits per heavy atom. The van der Waals surface area contributed by atoms with Gasteiger partial charge in [-0.1, -0.05) is 60.7 Å². The summed E-state index contributed by atoms with van der Waals surface area (Å²) >= 11 is 0. The fourth-order valence-electron chi connectivity index (χ4n) is 3.88. The summed E-state index contributed by atoms with van der Waals surface area (Å²) in [5, 5.41) is 0.122. The van der Waals surface area contributed by atoms with Crippen LogP contribution < -0.4 is 0 Å². The lowest BCUT2D eigenvalue weighted by molar-refractivity contribution is 0.453. The van der Waals surface area contributed by atoms with Crippen molar-refractivity contribution in [1.82, 2.24) is 13.9 Å². The summed E-state index contributed by atoms with van der Waals surface area (Å²) in [6, 6.07) is 20.5. The van der Waals surface area contributed by atoms with Crippen molar-refractivity contribution in [3.63, 3.8) is 0 Å². The van der Waals surface area contributed by atoms with Crippen LogP contribution in [0.2, 0.25) is 0 Å². The Morgan fingerprint density at radius 1 is 1.00 bits per heavy atom. The molecule has 2 aromatic carbocycles. The molecule has 0 aliphatic carbocycles. The Bertz CT molecular complexity index is 1000. The summed E-state index contributed by atoms with van der Waals surface area (Å²) in [7, 11) is -1.80. The fraction of sp³-hybridized carbons (Fsp3) is 0.286. The van der Waals surface area contributed by atoms with Gasteiger partial charge < -0.3 is 4.57 Å². The van der Waals surface area contributed by atoms with Gasteiger partial charge in [0, 0.05) is 32.3 Å². The number of hydrogen-bond acceptors (Lipinski definition) is 3. The summed E-state index contributed by atoms with van der Waals surface area (Å²) in [6.07, 6.45) is 3.95. The van der Waals surface area contributed by atoms with Crippen molar-refractivity contribution in [1.29, 1.82) is 0 Å². The van der Waals surface area contributed by atoms with Crippen LogP contribution in [0.15, 0.2) is 78.2 Å². The number of hydrogen-bond donors (Lipinski definition) is 0. The highest BCUT2D eigenvalue weighted by Gasteiger charge is 2.40. The molecule has 140 valence electrons. The van der Waals surface area contributed by atoms with Gasteiger partial charge in [-0.05, 0) is 23.5 Å². The van der Waals surface area contributed by atoms with Gasteiger partial charge in [-0.15, -0.1) is 0 Å². The number of sulfonamides is 1. The Hall–Kier alpha value is -2.44. The minimum absolute atomic E-state index is 0.122. The molecular formula is C21H23N3O2S. The third-order valence-corrected chi connectivity index (χ3v) is 6.98. The van der Waals surface area contributed by atoms with Crippen molar-refractivity contribution < 1.29 is 8.42 Å². The molecule has 1 fully saturated rings. The van der Waals surface area contributed by atoms with Crippen LogP contribution in [0.3, 0.4) is 0 Å². The fourth-order valence-corrected chi connectivity index (χ4v) is 5.37. The first-order valence-corrected chi connectivity index (χ1v) is 10.5. The molecule has 0 radical (unpaired) electrons. The monoisotopic (exact) mass is 381 g/mol. The van der Waals surface area contributed by atoms with Crippen LogP contribution in [0.25, 0.3) is 0 Å². The maximum Gasteiger partial charge on any atom is 0.262 e. The van der Waals surface area contributed by atoms with E-state index in [1.807, 2.05) is 36.4 Å². The van der Waals surface area contributed by atoms with Crippen LogP contribution in [0.5, 0.6) is 0 Å². The summed E-state index contributed by atoms with van der Waals surface area (Å²) in [5.41, 5.74) is 2.43. The van der Waals surface area contributed by atoms with Crippen molar-refractivity contribution >= 4 is 10.0 Å². The van der Waals surface area contributed by atoms with Crippen molar-refractivity contribution in [3.8, 4) is 0 Å². The van der Waals surface area contributed by atoms with Crippen LogP contribution in [-0.4, -0.2) is 35.4 Å². The molecule has 27 heavy (non-hydrogen) atoms. The van der Waals surface area contributed by atoms with Gasteiger partial charge in [0.15, 0.2) is 5.03 Å². The SMILES string of the molecule is Cn1cnc(S(=O)(=O)N2CC(Cc3ccccc3)C(c3ccccc3)C2)c1. The van der Waals surface area contributed by atoms with E-state index >= 15 is 0 Å². The Balaban J connectivity index is 1.64. The number of aryl methyl sites for hydroxylation is 1. The molecule has 2 unspecified atom stereocenters. The molecule has 3 aromatic rings. The zero-order valence-electron chi connectivity index (χ0n) is 15.3. The molecule has 2 heterocycles. The Labute approximate surface area is 160 Å². The normalized spacial score (nSPS) is 20.8. The summed E-state index contributed by atoms with van der Waals surface area (Å²) in [5.74, 6) is 0.401. The van der Waals surface area contributed by atoms with Crippen molar-refractivity contribution in [2.75, 3.05) is 13.1 Å². The predicted octanol–water partition coefficient (Wildman–Crippen LogP) is 3.07. The highest BCUT2D eigenvalue weighted by molar-refractivity contribution is 7.89. The molecule has 0 spiro atoms. The predicted molar refractivity (Wildman–Crippen MR) is 105 cm³/mol. The third kappa shape index (κ3) is 3.68. The van der Waals surface area contributed by atoms with Crippen molar-refractivity contribution in [3.05, 3.63) is 84.3 Å². The van der Waals surface area contributed by atoms with Gasteiger partial charge in [-0.2, -0.15) is 4.31 Å². The second-order valence-electron chi connectivity index (χ2n) is 7.17. The first kappa shape index (κ1) is 17.9. The van der Waals surface area contributed by atoms with E-state index in [1.165, 1.54) is 17.5 Å². The molecule has 0 N–H and O–H groups in total. The lowest BCUT2D eigenvalue weighted by Gasteiger charge is -2.18. The van der Waals surface area contributed by atoms with E-state index in [0.717, 1.165) is 6.42 Å². The maximum atomic E-state index is 13.1. The molecule has 5 nitrogen and oxygen atoms in total. The third-order valence-electron chi connectivity index (χ3n) is 5.26. The molecule has 6 heteroatoms. The average Bonchev–Trinajstić information content (AvgIpc) is 3.31. The average molecular weight is 382 g/mol. The molecule has 1 aromatic heterocycles. The van der Waals surface area contributed by atoms with Crippen LogP contribution in [-0.2, 0) is 23.5 Å². The lowest BCUT2D eigenvalue weighted by atomic mass is 9.85. The summed E-state index contributed by atoms with van der Waals surface area (Å²) in [6.45, 7) is 0.994. The molecule has 1 aliphatic rings. The molecule has 0 amide bonds. The molecule has 0 bridgehead atoms. The van der Waals surface area contributed by atoms with Gasteiger partial charge >= 0.3 is 0 Å². The standard InChI is InChI=1S/C21H23N3O2S/c1-23-15-21(22-16-23)27(25,26)24-13-19(12-17-8-4-2-5-9-17)20(14-24)18-10-6-3-7-11-18/h2-11,15-16,19-20H,12-14H2,1H3. The Morgan fingerprint density at radius 2 is 1.67 bits per heavy atom. The van der Waals surface area contributed by atoms with Crippen molar-refractivity contribution in [2.24, 2.45) is 13.0 Å². The van der Waals surface area contributed by atoms with E-state index in [1.54, 1.807) is 22.1 Å². The highest BCUT2D eigenvalue weighted by atomic mass is 32.2. The second kappa shape index (κ2) is 7.29. The van der Waals surface area contributed by atoms with Gasteiger partial charge in [0.1, 0.15) is 0 Å². The zero-order valence-corrected chi connectivity index (χ0v) is 16.1. The number of aromatic nitrogens is 2. The van der Waals surface area contributed by atoms with E-state index in [0.29, 0.717) is 13.1 Å². The number of benzene rings is 2. The van der Waals surface area contributed by atoms with Crippen molar-refractivity contribution in [2.45, 2.75) is 17.4 Å². The second-order valence-corrected chi connectivity index (χ2v) is 9.05. The zero-order chi connectivity index (χ0) is 18.9. The molecule has 4 rings (SSSR count). The number of rotatable bonds is 5. The first-order chi connectivity index (χ1) is 13.0. The minimum atomic E-state index is -3.58. The number of imidazole rings is 1. The van der Waals surface area contributed by atoms with Gasteiger partial charge in [0.05, 0.1) is 6.33 Å². The Kier molecular flexibility index (Phi) is 4.85. The van der Waals surface area contributed by atoms with Crippen LogP contribution in [0.4, 0.5) is 0 Å².